The van der Waals surface area contributed by atoms with Crippen LogP contribution in [-0.4, -0.2) is 16.1 Å². The second-order valence-corrected chi connectivity index (χ2v) is 5.42. The van der Waals surface area contributed by atoms with Crippen LogP contribution in [0.2, 0.25) is 0 Å². The average Bonchev–Trinajstić information content (AvgIpc) is 2.59. The summed E-state index contributed by atoms with van der Waals surface area (Å²) in [5, 5.41) is 12.4. The Morgan fingerprint density at radius 1 is 1.00 bits per heavy atom. The molecule has 1 aromatic heterocycles. The molecule has 0 spiro atoms. The van der Waals surface area contributed by atoms with Crippen LogP contribution in [0.25, 0.3) is 0 Å². The first-order valence-electron chi connectivity index (χ1n) is 7.38. The summed E-state index contributed by atoms with van der Waals surface area (Å²) >= 11 is 0. The number of hydrogen-bond donors (Lipinski definition) is 2. The summed E-state index contributed by atoms with van der Waals surface area (Å²) in [6.45, 7) is 1.49. The Kier molecular flexibility index (Phi) is 5.74. The quantitative estimate of drug-likeness (QED) is 0.588. The van der Waals surface area contributed by atoms with Crippen LogP contribution in [0.4, 0.5) is 36.4 Å². The van der Waals surface area contributed by atoms with Crippen LogP contribution in [0, 0.1) is 23.5 Å². The third kappa shape index (κ3) is 4.06. The summed E-state index contributed by atoms with van der Waals surface area (Å²) in [6, 6.07) is 2.32. The lowest BCUT2D eigenvalue weighted by molar-refractivity contribution is -0.137. The number of aliphatic hydroxyl groups is 1. The zero-order chi connectivity index (χ0) is 19.6. The third-order valence-electron chi connectivity index (χ3n) is 3.73. The van der Waals surface area contributed by atoms with Crippen molar-refractivity contribution in [3.63, 3.8) is 0 Å². The Bertz CT molecular complexity index is 751. The molecule has 0 bridgehead atoms. The molecule has 0 radical (unpaired) electrons. The molecular weight excluding hydrogens is 369 g/mol. The molecule has 0 aliphatic rings. The molecule has 10 heteroatoms. The first-order valence-corrected chi connectivity index (χ1v) is 7.38. The fraction of sp³-hybridized carbons (Fsp3) is 0.312. The number of pyridine rings is 1. The van der Waals surface area contributed by atoms with Gasteiger partial charge in [0.25, 0.3) is 11.9 Å². The van der Waals surface area contributed by atoms with Gasteiger partial charge >= 0.3 is 6.18 Å². The van der Waals surface area contributed by atoms with Crippen LogP contribution < -0.4 is 5.32 Å². The van der Waals surface area contributed by atoms with Crippen molar-refractivity contribution >= 4 is 5.69 Å². The fourth-order valence-electron chi connectivity index (χ4n) is 2.30. The van der Waals surface area contributed by atoms with E-state index in [-0.39, 0.29) is 12.0 Å². The molecule has 2 rings (SSSR count). The first kappa shape index (κ1) is 20.0. The molecule has 1 aromatic carbocycles. The van der Waals surface area contributed by atoms with E-state index in [4.69, 9.17) is 0 Å². The summed E-state index contributed by atoms with van der Waals surface area (Å²) in [6.07, 6.45) is -6.03. The summed E-state index contributed by atoms with van der Waals surface area (Å²) in [5.74, 6) is -7.29. The van der Waals surface area contributed by atoms with Crippen LogP contribution >= 0.6 is 0 Å². The number of aliphatic hydroxyl groups excluding tert-OH is 1. The monoisotopic (exact) mass is 382 g/mol. The molecule has 0 saturated heterocycles. The minimum Gasteiger partial charge on any atom is -0.386 e. The van der Waals surface area contributed by atoms with Gasteiger partial charge in [-0.3, -0.25) is 0 Å². The Labute approximate surface area is 143 Å². The van der Waals surface area contributed by atoms with E-state index in [1.165, 1.54) is 6.92 Å². The molecule has 0 aliphatic heterocycles. The maximum absolute atomic E-state index is 13.7. The Balaban J connectivity index is 2.29. The van der Waals surface area contributed by atoms with E-state index in [0.717, 1.165) is 24.3 Å². The predicted molar refractivity (Wildman–Crippen MR) is 78.2 cm³/mol. The van der Waals surface area contributed by atoms with Gasteiger partial charge in [-0.2, -0.15) is 35.7 Å². The average molecular weight is 382 g/mol. The number of nitrogens with zero attached hydrogens (tertiary/aromatic N) is 1. The van der Waals surface area contributed by atoms with Crippen molar-refractivity contribution in [3.8, 4) is 0 Å². The van der Waals surface area contributed by atoms with Crippen molar-refractivity contribution in [1.82, 2.24) is 4.98 Å². The van der Waals surface area contributed by atoms with Crippen molar-refractivity contribution in [2.45, 2.75) is 31.7 Å². The van der Waals surface area contributed by atoms with Crippen LogP contribution in [0.15, 0.2) is 24.3 Å². The van der Waals surface area contributed by atoms with E-state index < -0.39 is 53.1 Å². The molecule has 2 unspecified atom stereocenters. The van der Waals surface area contributed by atoms with E-state index in [1.54, 1.807) is 0 Å². The van der Waals surface area contributed by atoms with Crippen LogP contribution in [0.5, 0.6) is 0 Å². The molecule has 2 atom stereocenters. The van der Waals surface area contributed by atoms with Gasteiger partial charge in [-0.15, -0.1) is 0 Å². The Morgan fingerprint density at radius 2 is 1.50 bits per heavy atom. The maximum Gasteiger partial charge on any atom is 0.416 e. The highest BCUT2D eigenvalue weighted by Gasteiger charge is 2.31. The van der Waals surface area contributed by atoms with Crippen molar-refractivity contribution in [2.24, 2.45) is 0 Å². The van der Waals surface area contributed by atoms with Gasteiger partial charge in [0.1, 0.15) is 5.69 Å². The van der Waals surface area contributed by atoms with E-state index >= 15 is 0 Å². The van der Waals surface area contributed by atoms with Crippen LogP contribution in [0.1, 0.15) is 30.6 Å². The number of alkyl halides is 3. The summed E-state index contributed by atoms with van der Waals surface area (Å²) < 4.78 is 91.3. The van der Waals surface area contributed by atoms with Crippen molar-refractivity contribution < 1.29 is 35.8 Å². The molecule has 0 amide bonds. The fourth-order valence-corrected chi connectivity index (χ4v) is 2.30. The highest BCUT2D eigenvalue weighted by atomic mass is 19.4. The molecule has 26 heavy (non-hydrogen) atoms. The number of aromatic nitrogens is 1. The lowest BCUT2D eigenvalue weighted by Gasteiger charge is -2.25. The largest absolute Gasteiger partial charge is 0.416 e. The van der Waals surface area contributed by atoms with Gasteiger partial charge in [0.05, 0.1) is 17.7 Å². The lowest BCUT2D eigenvalue weighted by atomic mass is 9.98. The zero-order valence-electron chi connectivity index (χ0n) is 13.2. The Hall–Kier alpha value is -2.36. The molecule has 0 aliphatic carbocycles. The van der Waals surface area contributed by atoms with Gasteiger partial charge in [0.2, 0.25) is 11.6 Å². The molecule has 1 heterocycles. The molecule has 3 nitrogen and oxygen atoms in total. The minimum absolute atomic E-state index is 0.0215. The Morgan fingerprint density at radius 3 is 1.92 bits per heavy atom. The molecule has 0 fully saturated rings. The lowest BCUT2D eigenvalue weighted by Crippen LogP contribution is -2.28. The SMILES string of the molecule is CCC(Nc1c(F)c(F)nc(F)c1F)C(O)c1ccc(C(F)(F)F)cc1. The van der Waals surface area contributed by atoms with E-state index in [9.17, 15) is 35.8 Å². The van der Waals surface area contributed by atoms with Gasteiger partial charge < -0.3 is 10.4 Å². The number of halogens is 7. The standard InChI is InChI=1S/C16H13F7N2O/c1-2-9(24-12-10(17)14(19)25-15(20)11(12)18)13(26)7-3-5-8(6-4-7)16(21,22)23/h3-6,9,13,26H,2H2,1H3,(H,24,25). The van der Waals surface area contributed by atoms with Crippen LogP contribution in [-0.2, 0) is 6.18 Å². The van der Waals surface area contributed by atoms with Gasteiger partial charge in [-0.1, -0.05) is 19.1 Å². The minimum atomic E-state index is -4.57. The highest BCUT2D eigenvalue weighted by molar-refractivity contribution is 5.47. The third-order valence-corrected chi connectivity index (χ3v) is 3.73. The number of hydrogen-bond acceptors (Lipinski definition) is 3. The van der Waals surface area contributed by atoms with Crippen molar-refractivity contribution in [1.29, 1.82) is 0 Å². The van der Waals surface area contributed by atoms with Gasteiger partial charge in [-0.25, -0.2) is 0 Å². The number of anilines is 1. The first-order chi connectivity index (χ1) is 12.1. The maximum atomic E-state index is 13.7. The van der Waals surface area contributed by atoms with Gasteiger partial charge in [0.15, 0.2) is 0 Å². The smallest absolute Gasteiger partial charge is 0.386 e. The molecule has 142 valence electrons. The van der Waals surface area contributed by atoms with Crippen LogP contribution in [0.3, 0.4) is 0 Å². The second kappa shape index (κ2) is 7.48. The van der Waals surface area contributed by atoms with Gasteiger partial charge in [-0.05, 0) is 24.1 Å². The molecule has 0 saturated carbocycles. The zero-order valence-corrected chi connectivity index (χ0v) is 13.2. The summed E-state index contributed by atoms with van der Waals surface area (Å²) in [5.41, 5.74) is -2.08. The van der Waals surface area contributed by atoms with E-state index in [1.807, 2.05) is 0 Å². The molecule has 2 N–H and O–H groups in total. The molecule has 2 aromatic rings. The number of benzene rings is 1. The summed E-state index contributed by atoms with van der Waals surface area (Å²) in [4.78, 5) is 2.41. The normalized spacial score (nSPS) is 14.2. The van der Waals surface area contributed by atoms with Crippen molar-refractivity contribution in [3.05, 3.63) is 58.9 Å². The van der Waals surface area contributed by atoms with E-state index in [0.29, 0.717) is 0 Å². The van der Waals surface area contributed by atoms with Crippen molar-refractivity contribution in [2.75, 3.05) is 5.32 Å². The van der Waals surface area contributed by atoms with Gasteiger partial charge in [0, 0.05) is 0 Å². The second-order valence-electron chi connectivity index (χ2n) is 5.42. The van der Waals surface area contributed by atoms with E-state index in [2.05, 4.69) is 10.3 Å². The number of nitrogens with one attached hydrogen (secondary N) is 1. The highest BCUT2D eigenvalue weighted by Crippen LogP contribution is 2.32. The number of rotatable bonds is 5. The topological polar surface area (TPSA) is 45.2 Å². The summed E-state index contributed by atoms with van der Waals surface area (Å²) in [7, 11) is 0. The predicted octanol–water partition coefficient (Wildman–Crippen LogP) is 4.58. The molecular formula is C16H13F7N2O.